The largest absolute Gasteiger partial charge is 0.300 e. The van der Waals surface area contributed by atoms with Gasteiger partial charge in [0.2, 0.25) is 10.0 Å². The van der Waals surface area contributed by atoms with E-state index in [2.05, 4.69) is 4.72 Å². The zero-order chi connectivity index (χ0) is 10.6. The van der Waals surface area contributed by atoms with Crippen LogP contribution in [-0.4, -0.2) is 20.7 Å². The number of hydrogen-bond acceptors (Lipinski definition) is 4. The summed E-state index contributed by atoms with van der Waals surface area (Å²) in [7, 11) is -3.40. The zero-order valence-corrected chi connectivity index (χ0v) is 9.32. The van der Waals surface area contributed by atoms with E-state index >= 15 is 0 Å². The summed E-state index contributed by atoms with van der Waals surface area (Å²) in [4.78, 5) is 10.6. The summed E-state index contributed by atoms with van der Waals surface area (Å²) in [5.41, 5.74) is 0. The second-order valence-electron chi connectivity index (χ2n) is 2.78. The molecule has 0 fully saturated rings. The molecule has 0 aliphatic rings. The Morgan fingerprint density at radius 1 is 1.57 bits per heavy atom. The average molecular weight is 233 g/mol. The summed E-state index contributed by atoms with van der Waals surface area (Å²) < 4.78 is 25.6. The number of nitrogens with one attached hydrogen (secondary N) is 1. The zero-order valence-electron chi connectivity index (χ0n) is 7.69. The molecule has 1 N–H and O–H groups in total. The van der Waals surface area contributed by atoms with Gasteiger partial charge in [-0.3, -0.25) is 4.79 Å². The minimum atomic E-state index is -3.40. The molecule has 0 saturated heterocycles. The van der Waals surface area contributed by atoms with E-state index in [1.807, 2.05) is 0 Å². The van der Waals surface area contributed by atoms with E-state index in [9.17, 15) is 13.2 Å². The van der Waals surface area contributed by atoms with E-state index < -0.39 is 10.0 Å². The van der Waals surface area contributed by atoms with Crippen LogP contribution in [0.15, 0.2) is 21.7 Å². The topological polar surface area (TPSA) is 63.2 Å². The SMILES string of the molecule is CC(=O)CCNS(=O)(=O)c1cccs1. The number of sulfonamides is 1. The molecule has 0 radical (unpaired) electrons. The van der Waals surface area contributed by atoms with E-state index in [0.717, 1.165) is 11.3 Å². The van der Waals surface area contributed by atoms with Crippen molar-refractivity contribution >= 4 is 27.1 Å². The molecule has 0 amide bonds. The van der Waals surface area contributed by atoms with Gasteiger partial charge in [-0.1, -0.05) is 6.07 Å². The lowest BCUT2D eigenvalue weighted by Gasteiger charge is -2.02. The summed E-state index contributed by atoms with van der Waals surface area (Å²) in [5, 5.41) is 1.69. The first-order valence-corrected chi connectivity index (χ1v) is 6.41. The lowest BCUT2D eigenvalue weighted by atomic mass is 10.3. The lowest BCUT2D eigenvalue weighted by Crippen LogP contribution is -2.25. The second-order valence-corrected chi connectivity index (χ2v) is 5.72. The molecular formula is C8H11NO3S2. The van der Waals surface area contributed by atoms with Gasteiger partial charge in [0.15, 0.2) is 0 Å². The van der Waals surface area contributed by atoms with Crippen LogP contribution >= 0.6 is 11.3 Å². The van der Waals surface area contributed by atoms with Gasteiger partial charge in [-0.15, -0.1) is 11.3 Å². The van der Waals surface area contributed by atoms with Gasteiger partial charge in [0.1, 0.15) is 9.99 Å². The highest BCUT2D eigenvalue weighted by Gasteiger charge is 2.13. The molecule has 0 unspecified atom stereocenters. The Morgan fingerprint density at radius 3 is 2.79 bits per heavy atom. The van der Waals surface area contributed by atoms with Crippen molar-refractivity contribution in [1.82, 2.24) is 4.72 Å². The van der Waals surface area contributed by atoms with Crippen LogP contribution in [0.25, 0.3) is 0 Å². The summed E-state index contributed by atoms with van der Waals surface area (Å²) in [6.07, 6.45) is 0.227. The third-order valence-electron chi connectivity index (χ3n) is 1.53. The number of carbonyl (C=O) groups excluding carboxylic acids is 1. The molecule has 78 valence electrons. The highest BCUT2D eigenvalue weighted by Crippen LogP contribution is 2.14. The molecule has 0 bridgehead atoms. The van der Waals surface area contributed by atoms with Crippen LogP contribution in [0.2, 0.25) is 0 Å². The Balaban J connectivity index is 2.56. The molecule has 6 heteroatoms. The third kappa shape index (κ3) is 3.21. The van der Waals surface area contributed by atoms with Gasteiger partial charge in [-0.25, -0.2) is 13.1 Å². The van der Waals surface area contributed by atoms with Gasteiger partial charge in [-0.2, -0.15) is 0 Å². The summed E-state index contributed by atoms with van der Waals surface area (Å²) >= 11 is 1.15. The summed E-state index contributed by atoms with van der Waals surface area (Å²) in [5.74, 6) is -0.0288. The van der Waals surface area contributed by atoms with E-state index in [0.29, 0.717) is 0 Å². The highest BCUT2D eigenvalue weighted by molar-refractivity contribution is 7.91. The Hall–Kier alpha value is -0.720. The van der Waals surface area contributed by atoms with Crippen LogP contribution < -0.4 is 4.72 Å². The van der Waals surface area contributed by atoms with E-state index in [4.69, 9.17) is 0 Å². The minimum absolute atomic E-state index is 0.0288. The second kappa shape index (κ2) is 4.68. The van der Waals surface area contributed by atoms with E-state index in [1.165, 1.54) is 13.0 Å². The van der Waals surface area contributed by atoms with Gasteiger partial charge in [-0.05, 0) is 18.4 Å². The molecule has 0 saturated carbocycles. The van der Waals surface area contributed by atoms with Crippen LogP contribution in [0.3, 0.4) is 0 Å². The fourth-order valence-electron chi connectivity index (χ4n) is 0.849. The van der Waals surface area contributed by atoms with Crippen molar-refractivity contribution in [2.45, 2.75) is 17.6 Å². The van der Waals surface area contributed by atoms with Crippen LogP contribution in [0.1, 0.15) is 13.3 Å². The summed E-state index contributed by atoms with van der Waals surface area (Å²) in [6, 6.07) is 3.20. The number of ketones is 1. The molecule has 0 aliphatic heterocycles. The van der Waals surface area contributed by atoms with Crippen molar-refractivity contribution in [3.8, 4) is 0 Å². The maximum atomic E-state index is 11.5. The van der Waals surface area contributed by atoms with Crippen LogP contribution in [0.5, 0.6) is 0 Å². The van der Waals surface area contributed by atoms with Crippen molar-refractivity contribution in [2.24, 2.45) is 0 Å². The fraction of sp³-hybridized carbons (Fsp3) is 0.375. The van der Waals surface area contributed by atoms with Gasteiger partial charge >= 0.3 is 0 Å². The Labute approximate surface area is 87.0 Å². The number of thiophene rings is 1. The molecule has 0 aliphatic carbocycles. The number of hydrogen-bond donors (Lipinski definition) is 1. The maximum Gasteiger partial charge on any atom is 0.250 e. The molecule has 0 aromatic carbocycles. The molecule has 1 aromatic heterocycles. The van der Waals surface area contributed by atoms with Crippen molar-refractivity contribution in [3.63, 3.8) is 0 Å². The smallest absolute Gasteiger partial charge is 0.250 e. The molecule has 14 heavy (non-hydrogen) atoms. The van der Waals surface area contributed by atoms with E-state index in [1.54, 1.807) is 11.4 Å². The van der Waals surface area contributed by atoms with Gasteiger partial charge in [0, 0.05) is 13.0 Å². The molecule has 1 aromatic rings. The van der Waals surface area contributed by atoms with E-state index in [-0.39, 0.29) is 23.0 Å². The standard InChI is InChI=1S/C8H11NO3S2/c1-7(10)4-5-9-14(11,12)8-3-2-6-13-8/h2-3,6,9H,4-5H2,1H3. The average Bonchev–Trinajstić information content (AvgIpc) is 2.54. The number of Topliss-reactive ketones (excluding diaryl/α,β-unsaturated/α-hetero) is 1. The maximum absolute atomic E-state index is 11.5. The van der Waals surface area contributed by atoms with Gasteiger partial charge < -0.3 is 0 Å². The first kappa shape index (κ1) is 11.4. The number of rotatable bonds is 5. The third-order valence-corrected chi connectivity index (χ3v) is 4.39. The molecule has 1 rings (SSSR count). The van der Waals surface area contributed by atoms with Gasteiger partial charge in [0.25, 0.3) is 0 Å². The molecule has 4 nitrogen and oxygen atoms in total. The first-order chi connectivity index (χ1) is 6.52. The molecule has 0 atom stereocenters. The minimum Gasteiger partial charge on any atom is -0.300 e. The van der Waals surface area contributed by atoms with Crippen LogP contribution in [-0.2, 0) is 14.8 Å². The lowest BCUT2D eigenvalue weighted by molar-refractivity contribution is -0.116. The van der Waals surface area contributed by atoms with Crippen LogP contribution in [0.4, 0.5) is 0 Å². The summed E-state index contributed by atoms with van der Waals surface area (Å²) in [6.45, 7) is 1.59. The fourth-order valence-corrected chi connectivity index (χ4v) is 2.92. The number of carbonyl (C=O) groups is 1. The van der Waals surface area contributed by atoms with Crippen molar-refractivity contribution in [3.05, 3.63) is 17.5 Å². The Morgan fingerprint density at radius 2 is 2.29 bits per heavy atom. The van der Waals surface area contributed by atoms with Crippen LogP contribution in [0, 0.1) is 0 Å². The van der Waals surface area contributed by atoms with Crippen molar-refractivity contribution < 1.29 is 13.2 Å². The van der Waals surface area contributed by atoms with Gasteiger partial charge in [0.05, 0.1) is 0 Å². The first-order valence-electron chi connectivity index (χ1n) is 4.05. The Kier molecular flexibility index (Phi) is 3.79. The molecule has 0 spiro atoms. The van der Waals surface area contributed by atoms with Crippen molar-refractivity contribution in [1.29, 1.82) is 0 Å². The quantitative estimate of drug-likeness (QED) is 0.825. The predicted molar refractivity (Wildman–Crippen MR) is 54.8 cm³/mol. The monoisotopic (exact) mass is 233 g/mol. The normalized spacial score (nSPS) is 11.5. The molecular weight excluding hydrogens is 222 g/mol. The highest BCUT2D eigenvalue weighted by atomic mass is 32.2. The predicted octanol–water partition coefficient (Wildman–Crippen LogP) is 1.01. The van der Waals surface area contributed by atoms with Crippen molar-refractivity contribution in [2.75, 3.05) is 6.54 Å². The Bertz CT molecular complexity index is 394. The molecule has 1 heterocycles.